The van der Waals surface area contributed by atoms with Crippen LogP contribution in [-0.4, -0.2) is 11.7 Å². The lowest BCUT2D eigenvalue weighted by atomic mass is 9.86. The van der Waals surface area contributed by atoms with Crippen LogP contribution in [0.15, 0.2) is 78.4 Å². The van der Waals surface area contributed by atoms with E-state index >= 15 is 0 Å². The van der Waals surface area contributed by atoms with E-state index in [4.69, 9.17) is 0 Å². The first-order valence-corrected chi connectivity index (χ1v) is 9.58. The molecule has 144 valence electrons. The molecular formula is C25H22N2O2. The molecule has 3 aromatic carbocycles. The van der Waals surface area contributed by atoms with Crippen molar-refractivity contribution in [2.45, 2.75) is 19.9 Å². The van der Waals surface area contributed by atoms with Crippen LogP contribution in [0.2, 0.25) is 0 Å². The van der Waals surface area contributed by atoms with Crippen molar-refractivity contribution >= 4 is 29.1 Å². The highest BCUT2D eigenvalue weighted by Crippen LogP contribution is 2.39. The first-order valence-electron chi connectivity index (χ1n) is 9.58. The second-order valence-electron chi connectivity index (χ2n) is 7.23. The van der Waals surface area contributed by atoms with Gasteiger partial charge in [0.15, 0.2) is 5.78 Å². The van der Waals surface area contributed by atoms with Gasteiger partial charge >= 0.3 is 0 Å². The Bertz CT molecular complexity index is 1110. The van der Waals surface area contributed by atoms with E-state index in [1.165, 1.54) is 6.92 Å². The molecule has 1 amide bonds. The molecule has 0 saturated heterocycles. The largest absolute Gasteiger partial charge is 0.373 e. The highest BCUT2D eigenvalue weighted by molar-refractivity contribution is 6.13. The van der Waals surface area contributed by atoms with Gasteiger partial charge in [-0.1, -0.05) is 66.2 Å². The van der Waals surface area contributed by atoms with E-state index in [1.807, 2.05) is 85.8 Å². The number of anilines is 2. The summed E-state index contributed by atoms with van der Waals surface area (Å²) in [7, 11) is 0. The summed E-state index contributed by atoms with van der Waals surface area (Å²) in [5, 5.41) is 6.38. The van der Waals surface area contributed by atoms with Gasteiger partial charge in [-0.2, -0.15) is 0 Å². The number of aryl methyl sites for hydroxylation is 1. The first kappa shape index (κ1) is 18.7. The van der Waals surface area contributed by atoms with Gasteiger partial charge in [0.1, 0.15) is 0 Å². The number of fused-ring (bicyclic) bond motifs is 1. The van der Waals surface area contributed by atoms with Gasteiger partial charge < -0.3 is 10.6 Å². The molecule has 0 saturated carbocycles. The number of nitrogens with one attached hydrogen (secondary N) is 2. The Hall–Kier alpha value is -3.66. The zero-order valence-corrected chi connectivity index (χ0v) is 16.4. The minimum atomic E-state index is -0.373. The van der Waals surface area contributed by atoms with Crippen LogP contribution in [0, 0.1) is 6.92 Å². The minimum Gasteiger partial charge on any atom is -0.373 e. The monoisotopic (exact) mass is 382 g/mol. The molecule has 0 fully saturated rings. The third kappa shape index (κ3) is 3.83. The summed E-state index contributed by atoms with van der Waals surface area (Å²) in [5.41, 5.74) is 5.86. The smallest absolute Gasteiger partial charge is 0.221 e. The van der Waals surface area contributed by atoms with Gasteiger partial charge in [-0.15, -0.1) is 0 Å². The second kappa shape index (κ2) is 7.76. The van der Waals surface area contributed by atoms with Crippen molar-refractivity contribution in [2.75, 3.05) is 10.6 Å². The Morgan fingerprint density at radius 3 is 2.34 bits per heavy atom. The Kier molecular flexibility index (Phi) is 5.00. The molecule has 4 rings (SSSR count). The van der Waals surface area contributed by atoms with Crippen LogP contribution >= 0.6 is 0 Å². The fourth-order valence-corrected chi connectivity index (χ4v) is 3.60. The molecule has 0 spiro atoms. The molecule has 4 nitrogen and oxygen atoms in total. The van der Waals surface area contributed by atoms with Crippen LogP contribution in [0.4, 0.5) is 11.4 Å². The fourth-order valence-electron chi connectivity index (χ4n) is 3.60. The molecule has 1 aliphatic heterocycles. The van der Waals surface area contributed by atoms with Crippen LogP contribution in [0.3, 0.4) is 0 Å². The number of carbonyl (C=O) groups excluding carboxylic acids is 2. The SMILES string of the molecule is CC(=O)Nc1ccccc1C1Nc2ccccc2C=C1C(=O)c1ccc(C)cc1. The predicted octanol–water partition coefficient (Wildman–Crippen LogP) is 5.39. The molecule has 0 aliphatic carbocycles. The van der Waals surface area contributed by atoms with E-state index in [2.05, 4.69) is 10.6 Å². The van der Waals surface area contributed by atoms with Crippen molar-refractivity contribution in [1.82, 2.24) is 0 Å². The third-order valence-corrected chi connectivity index (χ3v) is 5.04. The molecule has 1 unspecified atom stereocenters. The lowest BCUT2D eigenvalue weighted by Crippen LogP contribution is -2.24. The Morgan fingerprint density at radius 1 is 0.897 bits per heavy atom. The Balaban J connectivity index is 1.83. The van der Waals surface area contributed by atoms with Crippen molar-refractivity contribution in [3.8, 4) is 0 Å². The van der Waals surface area contributed by atoms with Gasteiger partial charge in [0.2, 0.25) is 5.91 Å². The van der Waals surface area contributed by atoms with Gasteiger partial charge in [-0.3, -0.25) is 9.59 Å². The van der Waals surface area contributed by atoms with Gasteiger partial charge in [-0.05, 0) is 30.7 Å². The molecule has 3 aromatic rings. The van der Waals surface area contributed by atoms with Crippen molar-refractivity contribution in [3.63, 3.8) is 0 Å². The summed E-state index contributed by atoms with van der Waals surface area (Å²) in [6, 6.07) is 22.7. The lowest BCUT2D eigenvalue weighted by molar-refractivity contribution is -0.114. The Labute approximate surface area is 170 Å². The molecule has 29 heavy (non-hydrogen) atoms. The summed E-state index contributed by atoms with van der Waals surface area (Å²) in [4.78, 5) is 25.1. The summed E-state index contributed by atoms with van der Waals surface area (Å²) in [6.07, 6.45) is 1.95. The van der Waals surface area contributed by atoms with E-state index in [0.29, 0.717) is 16.8 Å². The normalized spacial score (nSPS) is 15.0. The second-order valence-corrected chi connectivity index (χ2v) is 7.23. The van der Waals surface area contributed by atoms with Crippen molar-refractivity contribution in [3.05, 3.63) is 101 Å². The third-order valence-electron chi connectivity index (χ3n) is 5.04. The molecule has 0 radical (unpaired) electrons. The zero-order chi connectivity index (χ0) is 20.4. The van der Waals surface area contributed by atoms with Crippen LogP contribution < -0.4 is 10.6 Å². The van der Waals surface area contributed by atoms with Gasteiger partial charge in [0.25, 0.3) is 0 Å². The Morgan fingerprint density at radius 2 is 1.59 bits per heavy atom. The lowest BCUT2D eigenvalue weighted by Gasteiger charge is -2.29. The van der Waals surface area contributed by atoms with E-state index in [0.717, 1.165) is 22.4 Å². The van der Waals surface area contributed by atoms with Crippen LogP contribution in [0.1, 0.15) is 40.0 Å². The zero-order valence-electron chi connectivity index (χ0n) is 16.4. The van der Waals surface area contributed by atoms with Crippen molar-refractivity contribution < 1.29 is 9.59 Å². The predicted molar refractivity (Wildman–Crippen MR) is 117 cm³/mol. The number of carbonyl (C=O) groups is 2. The molecule has 1 atom stereocenters. The summed E-state index contributed by atoms with van der Waals surface area (Å²) in [5.74, 6) is -0.182. The van der Waals surface area contributed by atoms with E-state index in [9.17, 15) is 9.59 Å². The molecule has 2 N–H and O–H groups in total. The van der Waals surface area contributed by atoms with Crippen LogP contribution in [0.5, 0.6) is 0 Å². The maximum absolute atomic E-state index is 13.4. The minimum absolute atomic E-state index is 0.0327. The number of hydrogen-bond acceptors (Lipinski definition) is 3. The summed E-state index contributed by atoms with van der Waals surface area (Å²) in [6.45, 7) is 3.48. The van der Waals surface area contributed by atoms with E-state index < -0.39 is 0 Å². The van der Waals surface area contributed by atoms with Crippen molar-refractivity contribution in [1.29, 1.82) is 0 Å². The number of rotatable bonds is 4. The van der Waals surface area contributed by atoms with E-state index in [1.54, 1.807) is 0 Å². The highest BCUT2D eigenvalue weighted by Gasteiger charge is 2.29. The number of benzene rings is 3. The van der Waals surface area contributed by atoms with Gasteiger partial charge in [0, 0.05) is 35.0 Å². The molecule has 1 heterocycles. The maximum Gasteiger partial charge on any atom is 0.221 e. The summed E-state index contributed by atoms with van der Waals surface area (Å²) >= 11 is 0. The molecular weight excluding hydrogens is 360 g/mol. The number of para-hydroxylation sites is 2. The van der Waals surface area contributed by atoms with Gasteiger partial charge in [-0.25, -0.2) is 0 Å². The topological polar surface area (TPSA) is 58.2 Å². The standard InChI is InChI=1S/C25H22N2O2/c1-16-11-13-18(14-12-16)25(29)21-15-19-7-3-5-9-22(19)27-24(21)20-8-4-6-10-23(20)26-17(2)28/h3-15,24,27H,1-2H3,(H,26,28). The first-order chi connectivity index (χ1) is 14.0. The quantitative estimate of drug-likeness (QED) is 0.595. The number of Topliss-reactive ketones (excluding diaryl/α,β-unsaturated/α-hetero) is 1. The van der Waals surface area contributed by atoms with E-state index in [-0.39, 0.29) is 17.7 Å². The average molecular weight is 382 g/mol. The van der Waals surface area contributed by atoms with Crippen LogP contribution in [0.25, 0.3) is 6.08 Å². The number of amides is 1. The maximum atomic E-state index is 13.4. The van der Waals surface area contributed by atoms with Crippen molar-refractivity contribution in [2.24, 2.45) is 0 Å². The summed E-state index contributed by atoms with van der Waals surface area (Å²) < 4.78 is 0. The fraction of sp³-hybridized carbons (Fsp3) is 0.120. The molecule has 0 bridgehead atoms. The van der Waals surface area contributed by atoms with Gasteiger partial charge in [0.05, 0.1) is 6.04 Å². The van der Waals surface area contributed by atoms with Crippen LogP contribution in [-0.2, 0) is 4.79 Å². The number of ketones is 1. The molecule has 4 heteroatoms. The molecule has 0 aromatic heterocycles. The highest BCUT2D eigenvalue weighted by atomic mass is 16.1. The molecule has 1 aliphatic rings. The average Bonchev–Trinajstić information content (AvgIpc) is 2.73. The number of hydrogen-bond donors (Lipinski definition) is 2.